The highest BCUT2D eigenvalue weighted by atomic mass is 16.5. The molecule has 0 fully saturated rings. The maximum atomic E-state index is 11.7. The van der Waals surface area contributed by atoms with Crippen LogP contribution < -0.4 is 0 Å². The molecule has 0 aromatic carbocycles. The van der Waals surface area contributed by atoms with E-state index in [0.29, 0.717) is 6.42 Å². The highest BCUT2D eigenvalue weighted by molar-refractivity contribution is 5.82. The number of hydrogen-bond acceptors (Lipinski definition) is 4. The Morgan fingerprint density at radius 1 is 1.44 bits per heavy atom. The van der Waals surface area contributed by atoms with E-state index in [1.165, 1.54) is 6.92 Å². The molecule has 0 aromatic rings. The van der Waals surface area contributed by atoms with Gasteiger partial charge in [-0.25, -0.2) is 0 Å². The monoisotopic (exact) mass is 225 g/mol. The normalized spacial score (nSPS) is 14.0. The lowest BCUT2D eigenvalue weighted by Crippen LogP contribution is -2.31. The van der Waals surface area contributed by atoms with Gasteiger partial charge in [0.1, 0.15) is 5.78 Å². The molecule has 0 heterocycles. The zero-order chi connectivity index (χ0) is 12.8. The summed E-state index contributed by atoms with van der Waals surface area (Å²) in [7, 11) is 0. The summed E-state index contributed by atoms with van der Waals surface area (Å²) in [4.78, 5) is 22.8. The minimum absolute atomic E-state index is 0.0545. The molecule has 16 heavy (non-hydrogen) atoms. The molecule has 0 spiro atoms. The molecule has 0 N–H and O–H groups in total. The molecule has 0 rings (SSSR count). The van der Waals surface area contributed by atoms with Gasteiger partial charge in [-0.15, -0.1) is 0 Å². The molecule has 0 aliphatic rings. The molecule has 0 unspecified atom stereocenters. The van der Waals surface area contributed by atoms with Gasteiger partial charge in [-0.3, -0.25) is 9.59 Å². The Morgan fingerprint density at radius 3 is 2.38 bits per heavy atom. The molecule has 0 aromatic heterocycles. The Kier molecular flexibility index (Phi) is 5.73. The Hall–Kier alpha value is -1.37. The van der Waals surface area contributed by atoms with Crippen LogP contribution in [0.2, 0.25) is 0 Å². The number of esters is 1. The molecule has 0 radical (unpaired) electrons. The lowest BCUT2D eigenvalue weighted by Gasteiger charge is -2.20. The van der Waals surface area contributed by atoms with Crippen molar-refractivity contribution in [3.63, 3.8) is 0 Å². The van der Waals surface area contributed by atoms with Crippen LogP contribution in [0.5, 0.6) is 0 Å². The van der Waals surface area contributed by atoms with Gasteiger partial charge >= 0.3 is 5.97 Å². The minimum atomic E-state index is -1.21. The second-order valence-electron chi connectivity index (χ2n) is 4.29. The fourth-order valence-electron chi connectivity index (χ4n) is 1.11. The van der Waals surface area contributed by atoms with Crippen LogP contribution in [0.25, 0.3) is 0 Å². The third-order valence-electron chi connectivity index (χ3n) is 2.34. The van der Waals surface area contributed by atoms with Crippen molar-refractivity contribution < 1.29 is 14.3 Å². The van der Waals surface area contributed by atoms with E-state index in [-0.39, 0.29) is 24.7 Å². The number of rotatable bonds is 6. The van der Waals surface area contributed by atoms with Crippen LogP contribution in [0.1, 0.15) is 47.0 Å². The van der Waals surface area contributed by atoms with Crippen molar-refractivity contribution in [3.05, 3.63) is 0 Å². The van der Waals surface area contributed by atoms with Gasteiger partial charge in [-0.1, -0.05) is 6.92 Å². The van der Waals surface area contributed by atoms with Gasteiger partial charge in [-0.2, -0.15) is 5.26 Å². The Balaban J connectivity index is 4.48. The van der Waals surface area contributed by atoms with Crippen LogP contribution in [0.3, 0.4) is 0 Å². The molecular formula is C12H19NO3. The van der Waals surface area contributed by atoms with Crippen LogP contribution >= 0.6 is 0 Å². The molecule has 0 amide bonds. The van der Waals surface area contributed by atoms with E-state index < -0.39 is 11.4 Å². The largest absolute Gasteiger partial charge is 0.462 e. The molecule has 4 nitrogen and oxygen atoms in total. The molecule has 90 valence electrons. The maximum absolute atomic E-state index is 11.7. The van der Waals surface area contributed by atoms with Crippen molar-refractivity contribution >= 4 is 11.8 Å². The van der Waals surface area contributed by atoms with E-state index in [0.717, 1.165) is 0 Å². The average Bonchev–Trinajstić information content (AvgIpc) is 2.24. The SMILES string of the molecule is CCC(=O)CC[C@@](C)(C#N)C(=O)OC(C)C. The third kappa shape index (κ3) is 4.43. The molecule has 1 atom stereocenters. The summed E-state index contributed by atoms with van der Waals surface area (Å²) in [5, 5.41) is 8.99. The summed E-state index contributed by atoms with van der Waals surface area (Å²) in [5.74, 6) is -0.493. The van der Waals surface area contributed by atoms with Gasteiger partial charge in [0.05, 0.1) is 12.2 Å². The Labute approximate surface area is 96.6 Å². The first-order valence-electron chi connectivity index (χ1n) is 5.49. The molecule has 0 saturated heterocycles. The lowest BCUT2D eigenvalue weighted by atomic mass is 9.86. The van der Waals surface area contributed by atoms with Crippen molar-refractivity contribution in [3.8, 4) is 6.07 Å². The molecule has 0 saturated carbocycles. The standard InChI is InChI=1S/C12H19NO3/c1-5-10(14)6-7-12(4,8-13)11(15)16-9(2)3/h9H,5-7H2,1-4H3/t12-/m0/s1. The molecule has 0 aliphatic heterocycles. The molecule has 4 heteroatoms. The predicted molar refractivity (Wildman–Crippen MR) is 59.5 cm³/mol. The number of carbonyl (C=O) groups is 2. The predicted octanol–water partition coefficient (Wildman–Crippen LogP) is 2.23. The fraction of sp³-hybridized carbons (Fsp3) is 0.750. The van der Waals surface area contributed by atoms with Crippen molar-refractivity contribution in [2.45, 2.75) is 53.1 Å². The van der Waals surface area contributed by atoms with Gasteiger partial charge in [0.25, 0.3) is 0 Å². The number of carbonyl (C=O) groups excluding carboxylic acids is 2. The van der Waals surface area contributed by atoms with E-state index in [1.807, 2.05) is 6.07 Å². The number of nitriles is 1. The minimum Gasteiger partial charge on any atom is -0.462 e. The van der Waals surface area contributed by atoms with Gasteiger partial charge in [0.2, 0.25) is 0 Å². The summed E-state index contributed by atoms with van der Waals surface area (Å²) in [6, 6.07) is 1.94. The van der Waals surface area contributed by atoms with Crippen LogP contribution in [0, 0.1) is 16.7 Å². The summed E-state index contributed by atoms with van der Waals surface area (Å²) in [5.41, 5.74) is -1.21. The topological polar surface area (TPSA) is 67.2 Å². The molecule has 0 aliphatic carbocycles. The van der Waals surface area contributed by atoms with Crippen molar-refractivity contribution in [1.82, 2.24) is 0 Å². The molecule has 0 bridgehead atoms. The summed E-state index contributed by atoms with van der Waals surface area (Å²) in [6.45, 7) is 6.74. The first kappa shape index (κ1) is 14.6. The number of ether oxygens (including phenoxy) is 1. The van der Waals surface area contributed by atoms with Crippen molar-refractivity contribution in [2.24, 2.45) is 5.41 Å². The van der Waals surface area contributed by atoms with Crippen molar-refractivity contribution in [2.75, 3.05) is 0 Å². The average molecular weight is 225 g/mol. The van der Waals surface area contributed by atoms with E-state index in [9.17, 15) is 9.59 Å². The second kappa shape index (κ2) is 6.26. The Bertz CT molecular complexity index is 304. The van der Waals surface area contributed by atoms with E-state index in [2.05, 4.69) is 0 Å². The summed E-state index contributed by atoms with van der Waals surface area (Å²) in [6.07, 6.45) is 0.651. The van der Waals surface area contributed by atoms with E-state index in [1.54, 1.807) is 20.8 Å². The summed E-state index contributed by atoms with van der Waals surface area (Å²) >= 11 is 0. The maximum Gasteiger partial charge on any atom is 0.326 e. The number of hydrogen-bond donors (Lipinski definition) is 0. The number of Topliss-reactive ketones (excluding diaryl/α,β-unsaturated/α-hetero) is 1. The highest BCUT2D eigenvalue weighted by Crippen LogP contribution is 2.25. The lowest BCUT2D eigenvalue weighted by molar-refractivity contribution is -0.156. The van der Waals surface area contributed by atoms with Gasteiger partial charge in [0.15, 0.2) is 5.41 Å². The van der Waals surface area contributed by atoms with Gasteiger partial charge in [-0.05, 0) is 27.2 Å². The van der Waals surface area contributed by atoms with E-state index in [4.69, 9.17) is 10.00 Å². The van der Waals surface area contributed by atoms with Crippen LogP contribution in [0.15, 0.2) is 0 Å². The van der Waals surface area contributed by atoms with Crippen LogP contribution in [-0.2, 0) is 14.3 Å². The summed E-state index contributed by atoms with van der Waals surface area (Å²) < 4.78 is 5.00. The molecular weight excluding hydrogens is 206 g/mol. The zero-order valence-corrected chi connectivity index (χ0v) is 10.4. The first-order valence-corrected chi connectivity index (χ1v) is 5.49. The smallest absolute Gasteiger partial charge is 0.326 e. The Morgan fingerprint density at radius 2 is 2.00 bits per heavy atom. The fourth-order valence-corrected chi connectivity index (χ4v) is 1.11. The number of nitrogens with zero attached hydrogens (tertiary/aromatic N) is 1. The van der Waals surface area contributed by atoms with Crippen LogP contribution in [-0.4, -0.2) is 17.9 Å². The van der Waals surface area contributed by atoms with E-state index >= 15 is 0 Å². The first-order chi connectivity index (χ1) is 7.35. The van der Waals surface area contributed by atoms with Gasteiger partial charge < -0.3 is 4.74 Å². The zero-order valence-electron chi connectivity index (χ0n) is 10.4. The van der Waals surface area contributed by atoms with Crippen LogP contribution in [0.4, 0.5) is 0 Å². The van der Waals surface area contributed by atoms with Gasteiger partial charge in [0, 0.05) is 12.8 Å². The highest BCUT2D eigenvalue weighted by Gasteiger charge is 2.35. The second-order valence-corrected chi connectivity index (χ2v) is 4.29. The number of ketones is 1. The van der Waals surface area contributed by atoms with Crippen molar-refractivity contribution in [1.29, 1.82) is 5.26 Å². The quantitative estimate of drug-likeness (QED) is 0.650. The third-order valence-corrected chi connectivity index (χ3v) is 2.34.